The number of aromatic nitrogens is 1. The van der Waals surface area contributed by atoms with Gasteiger partial charge in [-0.2, -0.15) is 0 Å². The number of fused-ring (bicyclic) bond motifs is 1. The van der Waals surface area contributed by atoms with Crippen LogP contribution in [0.25, 0.3) is 10.9 Å². The molecule has 3 heterocycles. The van der Waals surface area contributed by atoms with Gasteiger partial charge in [-0.05, 0) is 125 Å². The fourth-order valence-corrected chi connectivity index (χ4v) is 7.89. The zero-order valence-corrected chi connectivity index (χ0v) is 33.3. The molecule has 1 aliphatic heterocycles. The molecule has 0 bridgehead atoms. The average molecular weight is 793 g/mol. The minimum absolute atomic E-state index is 0.0370. The number of carbonyl (C=O) groups is 2. The number of aromatic hydroxyl groups is 1. The summed E-state index contributed by atoms with van der Waals surface area (Å²) in [6.45, 7) is 10.2. The highest BCUT2D eigenvalue weighted by atomic mass is 16.5. The van der Waals surface area contributed by atoms with Gasteiger partial charge < -0.3 is 39.7 Å². The number of aromatic amines is 1. The highest BCUT2D eigenvalue weighted by Crippen LogP contribution is 2.38. The first-order chi connectivity index (χ1) is 28.2. The summed E-state index contributed by atoms with van der Waals surface area (Å²) in [7, 11) is 0. The number of phenolic OH excluding ortho intramolecular Hbond substituents is 1. The molecule has 2 aromatic carbocycles. The molecule has 4 aromatic rings. The maximum atomic E-state index is 14.1. The maximum Gasteiger partial charge on any atom is 0.336 e. The molecule has 1 unspecified atom stereocenters. The number of likely N-dealkylation sites (tertiary alicyclic amines) is 1. The highest BCUT2D eigenvalue weighted by molar-refractivity contribution is 6.00. The van der Waals surface area contributed by atoms with Gasteiger partial charge in [0.1, 0.15) is 17.3 Å². The molecular weight excluding hydrogens is 737 g/mol. The Labute approximate surface area is 339 Å². The lowest BCUT2D eigenvalue weighted by Crippen LogP contribution is -2.55. The summed E-state index contributed by atoms with van der Waals surface area (Å²) in [6, 6.07) is 17.0. The third-order valence-electron chi connectivity index (χ3n) is 11.2. The molecular formula is C46H56N4O8. The van der Waals surface area contributed by atoms with Crippen LogP contribution >= 0.6 is 0 Å². The quantitative estimate of drug-likeness (QED) is 0.0363. The number of aliphatic hydroxyl groups is 1. The molecule has 1 saturated heterocycles. The fraction of sp³-hybridized carbons (Fsp3) is 0.413. The molecule has 308 valence electrons. The largest absolute Gasteiger partial charge is 0.506 e. The minimum Gasteiger partial charge on any atom is -0.506 e. The van der Waals surface area contributed by atoms with E-state index in [9.17, 15) is 24.6 Å². The van der Waals surface area contributed by atoms with Gasteiger partial charge in [-0.25, -0.2) is 4.79 Å². The number of nitrogens with zero attached hydrogens (tertiary/aromatic N) is 1. The van der Waals surface area contributed by atoms with E-state index in [1.54, 1.807) is 48.7 Å². The maximum absolute atomic E-state index is 14.1. The van der Waals surface area contributed by atoms with Crippen LogP contribution in [-0.4, -0.2) is 76.9 Å². The van der Waals surface area contributed by atoms with Crippen molar-refractivity contribution in [3.05, 3.63) is 130 Å². The van der Waals surface area contributed by atoms with Crippen LogP contribution in [0.3, 0.4) is 0 Å². The first kappa shape index (κ1) is 42.2. The van der Waals surface area contributed by atoms with E-state index in [2.05, 4.69) is 27.1 Å². The van der Waals surface area contributed by atoms with Crippen molar-refractivity contribution in [3.63, 3.8) is 0 Å². The van der Waals surface area contributed by atoms with Gasteiger partial charge in [-0.1, -0.05) is 55.4 Å². The molecule has 5 N–H and O–H groups in total. The Morgan fingerprint density at radius 1 is 1.09 bits per heavy atom. The van der Waals surface area contributed by atoms with Crippen LogP contribution in [0, 0.1) is 5.92 Å². The van der Waals surface area contributed by atoms with Gasteiger partial charge in [-0.3, -0.25) is 14.5 Å². The molecule has 6 rings (SSSR count). The number of piperidine rings is 1. The van der Waals surface area contributed by atoms with Crippen LogP contribution in [0.15, 0.2) is 112 Å². The average Bonchev–Trinajstić information content (AvgIpc) is 3.86. The summed E-state index contributed by atoms with van der Waals surface area (Å²) in [5, 5.41) is 27.9. The number of allylic oxidation sites excluding steroid dienone is 3. The van der Waals surface area contributed by atoms with Crippen LogP contribution in [0.2, 0.25) is 0 Å². The zero-order chi connectivity index (χ0) is 40.9. The van der Waals surface area contributed by atoms with Crippen molar-refractivity contribution >= 4 is 22.8 Å². The second-order valence-electron chi connectivity index (χ2n) is 15.3. The van der Waals surface area contributed by atoms with Crippen LogP contribution in [-0.2, 0) is 16.1 Å². The lowest BCUT2D eigenvalue weighted by Gasteiger charge is -2.33. The number of hydrogen-bond donors (Lipinski definition) is 5. The van der Waals surface area contributed by atoms with Crippen molar-refractivity contribution in [2.45, 2.75) is 76.5 Å². The molecule has 1 amide bonds. The predicted octanol–water partition coefficient (Wildman–Crippen LogP) is 6.87. The molecule has 2 aliphatic rings. The molecule has 1 fully saturated rings. The fourth-order valence-electron chi connectivity index (χ4n) is 7.89. The molecule has 2 aromatic heterocycles. The molecule has 0 spiro atoms. The molecule has 1 aliphatic carbocycles. The second kappa shape index (κ2) is 20.3. The van der Waals surface area contributed by atoms with E-state index < -0.39 is 17.6 Å². The van der Waals surface area contributed by atoms with Gasteiger partial charge in [0.25, 0.3) is 5.91 Å². The third kappa shape index (κ3) is 10.7. The second-order valence-corrected chi connectivity index (χ2v) is 15.3. The Hall–Kier alpha value is -5.43. The van der Waals surface area contributed by atoms with E-state index in [1.165, 1.54) is 12.1 Å². The minimum atomic E-state index is -1.31. The van der Waals surface area contributed by atoms with Gasteiger partial charge in [-0.15, -0.1) is 0 Å². The van der Waals surface area contributed by atoms with Crippen molar-refractivity contribution < 1.29 is 33.7 Å². The van der Waals surface area contributed by atoms with Crippen LogP contribution in [0.1, 0.15) is 86.1 Å². The van der Waals surface area contributed by atoms with Crippen LogP contribution in [0.5, 0.6) is 11.5 Å². The van der Waals surface area contributed by atoms with Gasteiger partial charge in [0.2, 0.25) is 5.56 Å². The standard InChI is InChI=1S/C46H56N4O8/c1-3-4-14-39-32(2)19-22-46(39,45(55)58-31-33-20-24-50(25-21-33)30-36-13-10-27-57-36)49-44(54)34-11-9-12-35(28-34)56-26-8-6-5-7-23-47-29-41(52)37-15-17-40(51)43-38(37)16-18-42(53)48-43/h3-4,9-18,27-28,33,41,47,51-52H,1,5-8,19-26,29-31H2,2H3,(H,48,53)(H,49,54)/b14-4-/t41-,46?/m0/s1. The number of pyridine rings is 1. The summed E-state index contributed by atoms with van der Waals surface area (Å²) < 4.78 is 17.6. The molecule has 58 heavy (non-hydrogen) atoms. The number of furan rings is 1. The van der Waals surface area contributed by atoms with Gasteiger partial charge in [0, 0.05) is 23.6 Å². The van der Waals surface area contributed by atoms with E-state index in [0.29, 0.717) is 60.4 Å². The molecule has 0 radical (unpaired) electrons. The zero-order valence-electron chi connectivity index (χ0n) is 33.3. The topological polar surface area (TPSA) is 166 Å². The number of carbonyl (C=O) groups excluding carboxylic acids is 2. The normalized spacial score (nSPS) is 18.2. The lowest BCUT2D eigenvalue weighted by molar-refractivity contribution is -0.151. The number of aliphatic hydroxyl groups excluding tert-OH is 1. The summed E-state index contributed by atoms with van der Waals surface area (Å²) >= 11 is 0. The SMILES string of the molecule is C=C/C=C\C1=C(C)CCC1(NC(=O)c1cccc(OCCCCCCNC[C@H](O)c2ccc(O)c3[nH]c(=O)ccc23)c1)C(=O)OCC1CCN(Cc2ccco2)CC1. The van der Waals surface area contributed by atoms with Crippen molar-refractivity contribution in [2.24, 2.45) is 5.92 Å². The molecule has 2 atom stereocenters. The van der Waals surface area contributed by atoms with Crippen LogP contribution in [0.4, 0.5) is 0 Å². The van der Waals surface area contributed by atoms with Crippen molar-refractivity contribution in [1.82, 2.24) is 20.5 Å². The number of unbranched alkanes of at least 4 members (excludes halogenated alkanes) is 3. The number of rotatable bonds is 20. The third-order valence-corrected chi connectivity index (χ3v) is 11.2. The summed E-state index contributed by atoms with van der Waals surface area (Å²) in [4.78, 5) is 44.6. The first-order valence-corrected chi connectivity index (χ1v) is 20.4. The number of esters is 1. The lowest BCUT2D eigenvalue weighted by atomic mass is 9.89. The molecule has 0 saturated carbocycles. The van der Waals surface area contributed by atoms with Gasteiger partial charge >= 0.3 is 5.97 Å². The van der Waals surface area contributed by atoms with Crippen molar-refractivity contribution in [2.75, 3.05) is 39.4 Å². The Kier molecular flexibility index (Phi) is 14.8. The Morgan fingerprint density at radius 3 is 2.71 bits per heavy atom. The monoisotopic (exact) mass is 792 g/mol. The van der Waals surface area contributed by atoms with E-state index >= 15 is 0 Å². The smallest absolute Gasteiger partial charge is 0.336 e. The van der Waals surface area contributed by atoms with E-state index in [-0.39, 0.29) is 23.1 Å². The summed E-state index contributed by atoms with van der Waals surface area (Å²) in [6.07, 6.45) is 12.7. The first-order valence-electron chi connectivity index (χ1n) is 20.4. The molecule has 12 nitrogen and oxygen atoms in total. The number of hydrogen-bond acceptors (Lipinski definition) is 10. The number of amides is 1. The highest BCUT2D eigenvalue weighted by Gasteiger charge is 2.48. The van der Waals surface area contributed by atoms with E-state index in [1.807, 2.05) is 31.2 Å². The van der Waals surface area contributed by atoms with Gasteiger partial charge in [0.15, 0.2) is 5.54 Å². The Balaban J connectivity index is 0.946. The van der Waals surface area contributed by atoms with E-state index in [4.69, 9.17) is 13.9 Å². The van der Waals surface area contributed by atoms with Crippen molar-refractivity contribution in [3.8, 4) is 11.5 Å². The van der Waals surface area contributed by atoms with Gasteiger partial charge in [0.05, 0.1) is 37.6 Å². The molecule has 12 heteroatoms. The Bertz CT molecular complexity index is 2130. The number of nitrogens with one attached hydrogen (secondary N) is 3. The Morgan fingerprint density at radius 2 is 1.91 bits per heavy atom. The number of ether oxygens (including phenoxy) is 2. The summed E-state index contributed by atoms with van der Waals surface area (Å²) in [5.74, 6) is 0.905. The predicted molar refractivity (Wildman–Crippen MR) is 224 cm³/mol. The van der Waals surface area contributed by atoms with Crippen LogP contribution < -0.4 is 20.9 Å². The number of H-pyrrole nitrogens is 1. The number of phenols is 1. The van der Waals surface area contributed by atoms with Crippen molar-refractivity contribution in [1.29, 1.82) is 0 Å². The number of benzene rings is 2. The van der Waals surface area contributed by atoms with E-state index in [0.717, 1.165) is 81.6 Å². The summed E-state index contributed by atoms with van der Waals surface area (Å²) in [5.41, 5.74) is 1.47.